The fraction of sp³-hybridized carbons (Fsp3) is 0.500. The topological polar surface area (TPSA) is 84.5 Å². The number of carbonyl (C=O) groups is 3. The molecule has 1 aromatic carbocycles. The summed E-state index contributed by atoms with van der Waals surface area (Å²) in [6.07, 6.45) is 5.43. The van der Waals surface area contributed by atoms with Crippen LogP contribution in [-0.2, 0) is 14.3 Å². The number of hydrogen-bond acceptors (Lipinski definition) is 4. The third-order valence-electron chi connectivity index (χ3n) is 4.06. The van der Waals surface area contributed by atoms with Gasteiger partial charge in [0.15, 0.2) is 6.61 Å². The number of halogens is 1. The van der Waals surface area contributed by atoms with E-state index in [0.717, 1.165) is 25.7 Å². The van der Waals surface area contributed by atoms with E-state index in [1.807, 2.05) is 0 Å². The molecule has 1 saturated carbocycles. The highest BCUT2D eigenvalue weighted by Gasteiger charge is 2.16. The van der Waals surface area contributed by atoms with Gasteiger partial charge in [-0.05, 0) is 37.1 Å². The Labute approximate surface area is 152 Å². The average molecular weight is 367 g/mol. The van der Waals surface area contributed by atoms with E-state index in [0.29, 0.717) is 10.6 Å². The van der Waals surface area contributed by atoms with Gasteiger partial charge < -0.3 is 15.4 Å². The van der Waals surface area contributed by atoms with Crippen molar-refractivity contribution in [1.29, 1.82) is 0 Å². The maximum absolute atomic E-state index is 11.9. The average Bonchev–Trinajstić information content (AvgIpc) is 2.61. The molecule has 136 valence electrons. The van der Waals surface area contributed by atoms with Gasteiger partial charge in [-0.25, -0.2) is 0 Å². The van der Waals surface area contributed by atoms with Crippen LogP contribution in [0.4, 0.5) is 0 Å². The van der Waals surface area contributed by atoms with Crippen LogP contribution in [0.5, 0.6) is 0 Å². The summed E-state index contributed by atoms with van der Waals surface area (Å²) < 4.78 is 4.93. The van der Waals surface area contributed by atoms with Gasteiger partial charge >= 0.3 is 5.97 Å². The number of carbonyl (C=O) groups excluding carboxylic acids is 3. The lowest BCUT2D eigenvalue weighted by Gasteiger charge is -2.22. The highest BCUT2D eigenvalue weighted by Crippen LogP contribution is 2.17. The summed E-state index contributed by atoms with van der Waals surface area (Å²) in [7, 11) is 0. The fourth-order valence-electron chi connectivity index (χ4n) is 2.72. The molecule has 7 heteroatoms. The third-order valence-corrected chi connectivity index (χ3v) is 4.31. The zero-order valence-electron chi connectivity index (χ0n) is 14.1. The largest absolute Gasteiger partial charge is 0.456 e. The van der Waals surface area contributed by atoms with Gasteiger partial charge in [0.2, 0.25) is 0 Å². The summed E-state index contributed by atoms with van der Waals surface area (Å²) in [6.45, 7) is -0.134. The normalized spacial score (nSPS) is 14.6. The van der Waals surface area contributed by atoms with Crippen molar-refractivity contribution >= 4 is 29.4 Å². The Kier molecular flexibility index (Phi) is 7.73. The molecule has 2 amide bonds. The van der Waals surface area contributed by atoms with E-state index in [9.17, 15) is 14.4 Å². The van der Waals surface area contributed by atoms with Gasteiger partial charge in [0, 0.05) is 23.2 Å². The molecule has 1 aromatic rings. The molecule has 25 heavy (non-hydrogen) atoms. The van der Waals surface area contributed by atoms with Crippen LogP contribution in [0.3, 0.4) is 0 Å². The molecule has 0 bridgehead atoms. The maximum atomic E-state index is 11.9. The molecule has 0 saturated heterocycles. The van der Waals surface area contributed by atoms with Crippen molar-refractivity contribution in [3.05, 3.63) is 34.9 Å². The number of esters is 1. The lowest BCUT2D eigenvalue weighted by Crippen LogP contribution is -2.38. The monoisotopic (exact) mass is 366 g/mol. The van der Waals surface area contributed by atoms with Gasteiger partial charge in [0.05, 0.1) is 6.42 Å². The number of ether oxygens (including phenoxy) is 1. The van der Waals surface area contributed by atoms with Gasteiger partial charge in [-0.1, -0.05) is 30.9 Å². The quantitative estimate of drug-likeness (QED) is 0.726. The summed E-state index contributed by atoms with van der Waals surface area (Å²) >= 11 is 5.76. The van der Waals surface area contributed by atoms with Crippen LogP contribution in [0.25, 0.3) is 0 Å². The van der Waals surface area contributed by atoms with Crippen LogP contribution in [0.15, 0.2) is 24.3 Å². The first-order valence-electron chi connectivity index (χ1n) is 8.53. The minimum atomic E-state index is -0.518. The molecule has 0 atom stereocenters. The molecule has 1 aliphatic rings. The molecule has 2 rings (SSSR count). The van der Waals surface area contributed by atoms with Crippen LogP contribution in [-0.4, -0.2) is 37.0 Å². The van der Waals surface area contributed by atoms with Crippen molar-refractivity contribution in [2.45, 2.75) is 44.6 Å². The van der Waals surface area contributed by atoms with Crippen LogP contribution >= 0.6 is 11.6 Å². The van der Waals surface area contributed by atoms with Crippen LogP contribution in [0.2, 0.25) is 5.02 Å². The first kappa shape index (κ1) is 19.2. The molecular weight excluding hydrogens is 344 g/mol. The SMILES string of the molecule is O=C(COC(=O)CCNC(=O)c1ccc(Cl)cc1)NC1CCCCC1. The third kappa shape index (κ3) is 7.13. The van der Waals surface area contributed by atoms with E-state index in [2.05, 4.69) is 10.6 Å². The minimum absolute atomic E-state index is 0.00996. The van der Waals surface area contributed by atoms with Crippen molar-refractivity contribution in [1.82, 2.24) is 10.6 Å². The number of amides is 2. The number of nitrogens with one attached hydrogen (secondary N) is 2. The smallest absolute Gasteiger partial charge is 0.308 e. The van der Waals surface area contributed by atoms with Crippen molar-refractivity contribution in [2.24, 2.45) is 0 Å². The Morgan fingerprint density at radius 3 is 2.44 bits per heavy atom. The highest BCUT2D eigenvalue weighted by atomic mass is 35.5. The predicted molar refractivity (Wildman–Crippen MR) is 94.4 cm³/mol. The molecule has 1 fully saturated rings. The van der Waals surface area contributed by atoms with Crippen LogP contribution in [0.1, 0.15) is 48.9 Å². The Morgan fingerprint density at radius 2 is 1.76 bits per heavy atom. The summed E-state index contributed by atoms with van der Waals surface area (Å²) in [4.78, 5) is 35.2. The minimum Gasteiger partial charge on any atom is -0.456 e. The molecule has 6 nitrogen and oxygen atoms in total. The molecule has 0 aromatic heterocycles. The first-order valence-corrected chi connectivity index (χ1v) is 8.91. The lowest BCUT2D eigenvalue weighted by molar-refractivity contribution is -0.148. The molecule has 0 unspecified atom stereocenters. The van der Waals surface area contributed by atoms with E-state index >= 15 is 0 Å². The molecular formula is C18H23ClN2O4. The van der Waals surface area contributed by atoms with E-state index in [-0.39, 0.29) is 37.4 Å². The highest BCUT2D eigenvalue weighted by molar-refractivity contribution is 6.30. The number of rotatable bonds is 7. The van der Waals surface area contributed by atoms with Crippen LogP contribution in [0, 0.1) is 0 Å². The van der Waals surface area contributed by atoms with Gasteiger partial charge in [-0.15, -0.1) is 0 Å². The maximum Gasteiger partial charge on any atom is 0.308 e. The van der Waals surface area contributed by atoms with E-state index in [4.69, 9.17) is 16.3 Å². The van der Waals surface area contributed by atoms with E-state index < -0.39 is 5.97 Å². The van der Waals surface area contributed by atoms with Gasteiger partial charge in [-0.3, -0.25) is 14.4 Å². The van der Waals surface area contributed by atoms with E-state index in [1.54, 1.807) is 24.3 Å². The van der Waals surface area contributed by atoms with Gasteiger partial charge in [-0.2, -0.15) is 0 Å². The summed E-state index contributed by atoms with van der Waals surface area (Å²) in [5.74, 6) is -1.08. The fourth-order valence-corrected chi connectivity index (χ4v) is 2.84. The summed E-state index contributed by atoms with van der Waals surface area (Å²) in [5, 5.41) is 6.04. The van der Waals surface area contributed by atoms with Crippen molar-refractivity contribution in [3.63, 3.8) is 0 Å². The predicted octanol–water partition coefficient (Wildman–Crippen LogP) is 2.45. The van der Waals surface area contributed by atoms with Crippen molar-refractivity contribution in [2.75, 3.05) is 13.2 Å². The zero-order chi connectivity index (χ0) is 18.1. The van der Waals surface area contributed by atoms with E-state index in [1.165, 1.54) is 6.42 Å². The molecule has 0 heterocycles. The van der Waals surface area contributed by atoms with Crippen molar-refractivity contribution in [3.8, 4) is 0 Å². The Bertz CT molecular complexity index is 598. The second-order valence-corrected chi connectivity index (χ2v) is 6.51. The summed E-state index contributed by atoms with van der Waals surface area (Å²) in [6, 6.07) is 6.64. The molecule has 2 N–H and O–H groups in total. The Hall–Kier alpha value is -2.08. The lowest BCUT2D eigenvalue weighted by atomic mass is 9.95. The standard InChI is InChI=1S/C18H23ClN2O4/c19-14-8-6-13(7-9-14)18(24)20-11-10-17(23)25-12-16(22)21-15-4-2-1-3-5-15/h6-9,15H,1-5,10-12H2,(H,20,24)(H,21,22). The first-order chi connectivity index (χ1) is 12.0. The number of hydrogen-bond donors (Lipinski definition) is 2. The van der Waals surface area contributed by atoms with Crippen LogP contribution < -0.4 is 10.6 Å². The zero-order valence-corrected chi connectivity index (χ0v) is 14.8. The Balaban J connectivity index is 1.59. The second-order valence-electron chi connectivity index (χ2n) is 6.08. The van der Waals surface area contributed by atoms with Gasteiger partial charge in [0.1, 0.15) is 0 Å². The van der Waals surface area contributed by atoms with Crippen molar-refractivity contribution < 1.29 is 19.1 Å². The molecule has 0 aliphatic heterocycles. The second kappa shape index (κ2) is 10.0. The molecule has 1 aliphatic carbocycles. The Morgan fingerprint density at radius 1 is 1.08 bits per heavy atom. The summed E-state index contributed by atoms with van der Waals surface area (Å²) in [5.41, 5.74) is 0.463. The molecule has 0 spiro atoms. The molecule has 0 radical (unpaired) electrons. The number of benzene rings is 1. The van der Waals surface area contributed by atoms with Gasteiger partial charge in [0.25, 0.3) is 11.8 Å².